The van der Waals surface area contributed by atoms with Gasteiger partial charge in [0.2, 0.25) is 0 Å². The molecule has 0 bridgehead atoms. The van der Waals surface area contributed by atoms with Crippen LogP contribution in [-0.4, -0.2) is 22.9 Å². The highest BCUT2D eigenvalue weighted by Gasteiger charge is 2.36. The van der Waals surface area contributed by atoms with Gasteiger partial charge in [0.15, 0.2) is 5.82 Å². The van der Waals surface area contributed by atoms with E-state index in [0.29, 0.717) is 46.6 Å². The van der Waals surface area contributed by atoms with Crippen LogP contribution in [0.2, 0.25) is 0 Å². The first-order valence-corrected chi connectivity index (χ1v) is 26.6. The summed E-state index contributed by atoms with van der Waals surface area (Å²) in [7, 11) is 0. The fourth-order valence-electron chi connectivity index (χ4n) is 7.85. The molecule has 8 rings (SSSR count). The van der Waals surface area contributed by atoms with Crippen LogP contribution >= 0.6 is 11.3 Å². The summed E-state index contributed by atoms with van der Waals surface area (Å²) in [5, 5.41) is 3.98. The van der Waals surface area contributed by atoms with Gasteiger partial charge < -0.3 is 18.7 Å². The molecule has 2 aromatic heterocycles. The zero-order valence-electron chi connectivity index (χ0n) is 44.2. The van der Waals surface area contributed by atoms with E-state index in [1.165, 1.54) is 54.4 Å². The van der Waals surface area contributed by atoms with Gasteiger partial charge in [-0.2, -0.15) is 18.2 Å². The molecule has 1 fully saturated rings. The van der Waals surface area contributed by atoms with Gasteiger partial charge in [-0.1, -0.05) is 177 Å². The van der Waals surface area contributed by atoms with Gasteiger partial charge in [0.05, 0.1) is 19.3 Å². The Labute approximate surface area is 432 Å². The molecule has 1 saturated carbocycles. The number of aromatic nitrogens is 2. The number of benzene rings is 5. The van der Waals surface area contributed by atoms with Crippen LogP contribution in [-0.2, 0) is 30.5 Å². The van der Waals surface area contributed by atoms with Gasteiger partial charge in [0, 0.05) is 21.9 Å². The normalized spacial score (nSPS) is 12.8. The Morgan fingerprint density at radius 1 is 0.597 bits per heavy atom. The van der Waals surface area contributed by atoms with Crippen molar-refractivity contribution in [2.75, 3.05) is 6.61 Å². The van der Waals surface area contributed by atoms with E-state index in [-0.39, 0.29) is 18.3 Å². The molecule has 72 heavy (non-hydrogen) atoms. The van der Waals surface area contributed by atoms with Crippen LogP contribution in [0.25, 0.3) is 22.6 Å². The smallest absolute Gasteiger partial charge is 0.426 e. The zero-order chi connectivity index (χ0) is 52.0. The van der Waals surface area contributed by atoms with E-state index in [2.05, 4.69) is 138 Å². The molecule has 0 atom stereocenters. The predicted molar refractivity (Wildman–Crippen MR) is 291 cm³/mol. The zero-order valence-corrected chi connectivity index (χ0v) is 45.0. The number of alkyl halides is 3. The molecule has 1 aliphatic rings. The van der Waals surface area contributed by atoms with E-state index in [1.54, 1.807) is 36.4 Å². The molecule has 0 unspecified atom stereocenters. The van der Waals surface area contributed by atoms with Gasteiger partial charge in [-0.05, 0) is 127 Å². The van der Waals surface area contributed by atoms with Gasteiger partial charge in [0.1, 0.15) is 23.0 Å². The lowest BCUT2D eigenvalue weighted by Crippen LogP contribution is -2.15. The highest BCUT2D eigenvalue weighted by molar-refractivity contribution is 7.12. The molecule has 2 heterocycles. The Morgan fingerprint density at radius 2 is 1.15 bits per heavy atom. The molecule has 0 spiro atoms. The first-order valence-electron chi connectivity index (χ1n) is 25.7. The molecule has 10 heteroatoms. The second-order valence-electron chi connectivity index (χ2n) is 20.1. The molecular formula is C62H77F3N2O4S. The molecular weight excluding hydrogens is 926 g/mol. The van der Waals surface area contributed by atoms with E-state index >= 15 is 0 Å². The summed E-state index contributed by atoms with van der Waals surface area (Å²) in [5.41, 5.74) is 7.06. The van der Waals surface area contributed by atoms with Crippen molar-refractivity contribution in [3.05, 3.63) is 177 Å². The third kappa shape index (κ3) is 19.7. The van der Waals surface area contributed by atoms with Gasteiger partial charge in [-0.25, -0.2) is 0 Å². The van der Waals surface area contributed by atoms with Gasteiger partial charge in [0.25, 0.3) is 5.89 Å². The minimum atomic E-state index is -4.34. The number of ether oxygens (including phenoxy) is 3. The maximum atomic E-state index is 13.1. The summed E-state index contributed by atoms with van der Waals surface area (Å²) >= 11 is 0.753. The molecule has 6 nitrogen and oxygen atoms in total. The average Bonchev–Trinajstić information content (AvgIpc) is 4.06. The van der Waals surface area contributed by atoms with Gasteiger partial charge >= 0.3 is 6.18 Å². The maximum absolute atomic E-state index is 13.1. The van der Waals surface area contributed by atoms with Crippen LogP contribution in [0.5, 0.6) is 11.5 Å². The van der Waals surface area contributed by atoms with Crippen LogP contribution in [0.15, 0.2) is 144 Å². The van der Waals surface area contributed by atoms with Crippen molar-refractivity contribution in [3.8, 4) is 34.1 Å². The first kappa shape index (κ1) is 57.2. The van der Waals surface area contributed by atoms with Crippen LogP contribution in [0.1, 0.15) is 157 Å². The fraction of sp³-hybridized carbons (Fsp3) is 0.419. The van der Waals surface area contributed by atoms with Crippen molar-refractivity contribution >= 4 is 11.3 Å². The van der Waals surface area contributed by atoms with Gasteiger partial charge in [-0.3, -0.25) is 0 Å². The Bertz CT molecular complexity index is 2540. The van der Waals surface area contributed by atoms with E-state index in [0.717, 1.165) is 53.2 Å². The van der Waals surface area contributed by atoms with Crippen molar-refractivity contribution in [2.24, 2.45) is 11.8 Å². The van der Waals surface area contributed by atoms with Crippen LogP contribution in [0, 0.1) is 11.8 Å². The summed E-state index contributed by atoms with van der Waals surface area (Å²) in [6.45, 7) is 22.8. The SMILES string of the molecule is CC(C)Cc1ccc(-c2nc(C(C)C)no2)cc1.CC(C)OCc1cc(-c2ccccc2)c(C(F)(F)F)s1.CC(C)c1ccc(OCC2CCCCC2)cc1.CC(C)c1ccc(OCc2ccccc2)cc1. The molecule has 1 aliphatic carbocycles. The quantitative estimate of drug-likeness (QED) is 0.0961. The average molecular weight is 1000 g/mol. The number of rotatable bonds is 16. The number of nitrogens with zero attached hydrogens (tertiary/aromatic N) is 2. The number of halogens is 3. The third-order valence-electron chi connectivity index (χ3n) is 12.0. The summed E-state index contributed by atoms with van der Waals surface area (Å²) < 4.78 is 61.6. The second-order valence-corrected chi connectivity index (χ2v) is 21.3. The van der Waals surface area contributed by atoms with Crippen LogP contribution in [0.4, 0.5) is 13.2 Å². The van der Waals surface area contributed by atoms with Crippen molar-refractivity contribution in [2.45, 2.75) is 151 Å². The Balaban J connectivity index is 0.000000179. The number of hydrogen-bond acceptors (Lipinski definition) is 7. The molecule has 0 saturated heterocycles. The third-order valence-corrected chi connectivity index (χ3v) is 13.2. The highest BCUT2D eigenvalue weighted by Crippen LogP contribution is 2.43. The second kappa shape index (κ2) is 29.1. The van der Waals surface area contributed by atoms with Crippen molar-refractivity contribution in [1.29, 1.82) is 0 Å². The van der Waals surface area contributed by atoms with Crippen LogP contribution in [0.3, 0.4) is 0 Å². The fourth-order valence-corrected chi connectivity index (χ4v) is 8.82. The lowest BCUT2D eigenvalue weighted by atomic mass is 9.90. The van der Waals surface area contributed by atoms with Crippen LogP contribution < -0.4 is 9.47 Å². The first-order chi connectivity index (χ1) is 34.4. The predicted octanol–water partition coefficient (Wildman–Crippen LogP) is 18.6. The summed E-state index contributed by atoms with van der Waals surface area (Å²) in [6, 6.07) is 45.7. The molecule has 0 radical (unpaired) electrons. The Hall–Kier alpha value is -5.71. The highest BCUT2D eigenvalue weighted by atomic mass is 32.1. The van der Waals surface area contributed by atoms with Crippen molar-refractivity contribution < 1.29 is 31.9 Å². The summed E-state index contributed by atoms with van der Waals surface area (Å²) in [4.78, 5) is 4.42. The minimum Gasteiger partial charge on any atom is -0.493 e. The number of thiophene rings is 1. The largest absolute Gasteiger partial charge is 0.493 e. The molecule has 7 aromatic rings. The molecule has 0 amide bonds. The standard InChI is InChI=1S/C16H24O.C16H18O.C15H15F3OS.C15H20N2O/c2*1-13(2)15-8-10-16(11-9-15)17-12-14-6-4-3-5-7-14;1-10(2)19-9-12-8-13(11-6-4-3-5-7-11)14(20-12)15(16,17)18;1-10(2)9-12-5-7-13(8-6-12)15-16-14(11(3)4)17-18-15/h8-11,13-14H,3-7,12H2,1-2H3;3-11,13H,12H2,1-2H3;3-8,10H,9H2,1-2H3;5-8,10-11H,9H2,1-4H3. The monoisotopic (exact) mass is 1000 g/mol. The molecule has 386 valence electrons. The lowest BCUT2D eigenvalue weighted by molar-refractivity contribution is -0.133. The topological polar surface area (TPSA) is 66.6 Å². The minimum absolute atomic E-state index is 0.00777. The Morgan fingerprint density at radius 3 is 1.65 bits per heavy atom. The van der Waals surface area contributed by atoms with Gasteiger partial charge in [-0.15, -0.1) is 11.3 Å². The van der Waals surface area contributed by atoms with E-state index < -0.39 is 11.1 Å². The molecule has 5 aromatic carbocycles. The Kier molecular flexibility index (Phi) is 23.1. The molecule has 0 aliphatic heterocycles. The summed E-state index contributed by atoms with van der Waals surface area (Å²) in [6.07, 6.45) is 3.65. The van der Waals surface area contributed by atoms with E-state index in [9.17, 15) is 13.2 Å². The molecule has 0 N–H and O–H groups in total. The maximum Gasteiger partial charge on any atom is 0.426 e. The summed E-state index contributed by atoms with van der Waals surface area (Å²) in [5.74, 6) is 6.24. The number of hydrogen-bond donors (Lipinski definition) is 0. The van der Waals surface area contributed by atoms with E-state index in [1.807, 2.05) is 44.2 Å². The van der Waals surface area contributed by atoms with Crippen molar-refractivity contribution in [1.82, 2.24) is 10.1 Å². The lowest BCUT2D eigenvalue weighted by Gasteiger charge is -2.21. The van der Waals surface area contributed by atoms with Crippen molar-refractivity contribution in [3.63, 3.8) is 0 Å². The van der Waals surface area contributed by atoms with E-state index in [4.69, 9.17) is 18.7 Å².